The highest BCUT2D eigenvalue weighted by atomic mass is 16.5. The van der Waals surface area contributed by atoms with Crippen molar-refractivity contribution in [1.29, 1.82) is 0 Å². The van der Waals surface area contributed by atoms with Gasteiger partial charge >= 0.3 is 0 Å². The summed E-state index contributed by atoms with van der Waals surface area (Å²) in [6, 6.07) is 0. The van der Waals surface area contributed by atoms with Crippen LogP contribution in [0.3, 0.4) is 0 Å². The Morgan fingerprint density at radius 2 is 1.75 bits per heavy atom. The zero-order chi connectivity index (χ0) is 8.28. The van der Waals surface area contributed by atoms with Crippen molar-refractivity contribution >= 4 is 0 Å². The van der Waals surface area contributed by atoms with E-state index in [4.69, 9.17) is 9.47 Å². The summed E-state index contributed by atoms with van der Waals surface area (Å²) in [6.45, 7) is 2.72. The van der Waals surface area contributed by atoms with Crippen molar-refractivity contribution < 1.29 is 9.47 Å². The van der Waals surface area contributed by atoms with E-state index in [1.807, 2.05) is 0 Å². The summed E-state index contributed by atoms with van der Waals surface area (Å²) in [5.41, 5.74) is 0.120. The first kappa shape index (κ1) is 8.52. The molecule has 0 aromatic heterocycles. The summed E-state index contributed by atoms with van der Waals surface area (Å²) in [6.07, 6.45) is 7.51. The fourth-order valence-corrected chi connectivity index (χ4v) is 2.22. The van der Waals surface area contributed by atoms with Crippen LogP contribution in [0.15, 0.2) is 0 Å². The first-order valence-corrected chi connectivity index (χ1v) is 5.13. The molecule has 0 radical (unpaired) electrons. The molecule has 2 nitrogen and oxygen atoms in total. The Kier molecular flexibility index (Phi) is 2.66. The molecular weight excluding hydrogens is 152 g/mol. The monoisotopic (exact) mass is 170 g/mol. The van der Waals surface area contributed by atoms with Gasteiger partial charge in [0.05, 0.1) is 12.2 Å². The van der Waals surface area contributed by atoms with Crippen molar-refractivity contribution in [3.63, 3.8) is 0 Å². The molecule has 12 heavy (non-hydrogen) atoms. The predicted octanol–water partition coefficient (Wildman–Crippen LogP) is 2.13. The normalized spacial score (nSPS) is 38.0. The van der Waals surface area contributed by atoms with E-state index in [9.17, 15) is 0 Å². The van der Waals surface area contributed by atoms with Crippen molar-refractivity contribution in [3.05, 3.63) is 0 Å². The van der Waals surface area contributed by atoms with Crippen LogP contribution in [0.25, 0.3) is 0 Å². The summed E-state index contributed by atoms with van der Waals surface area (Å²) in [4.78, 5) is 0. The van der Waals surface area contributed by atoms with E-state index < -0.39 is 0 Å². The second-order valence-corrected chi connectivity index (χ2v) is 4.00. The largest absolute Gasteiger partial charge is 0.378 e. The Balaban J connectivity index is 1.95. The number of ether oxygens (including phenoxy) is 2. The summed E-state index contributed by atoms with van der Waals surface area (Å²) in [7, 11) is 0. The average Bonchev–Trinajstić information content (AvgIpc) is 2.33. The molecule has 70 valence electrons. The Morgan fingerprint density at radius 1 is 0.833 bits per heavy atom. The molecule has 2 aliphatic heterocycles. The molecule has 2 fully saturated rings. The van der Waals surface area contributed by atoms with E-state index in [-0.39, 0.29) is 5.60 Å². The quantitative estimate of drug-likeness (QED) is 0.554. The molecule has 1 spiro atoms. The van der Waals surface area contributed by atoms with Crippen LogP contribution in [-0.2, 0) is 9.47 Å². The van der Waals surface area contributed by atoms with Crippen LogP contribution in [0.1, 0.15) is 38.5 Å². The third-order valence-corrected chi connectivity index (χ3v) is 2.97. The Bertz CT molecular complexity index is 129. The number of hydrogen-bond acceptors (Lipinski definition) is 2. The van der Waals surface area contributed by atoms with E-state index in [1.54, 1.807) is 0 Å². The molecule has 1 atom stereocenters. The van der Waals surface area contributed by atoms with Gasteiger partial charge in [-0.1, -0.05) is 12.8 Å². The minimum absolute atomic E-state index is 0.120. The average molecular weight is 170 g/mol. The molecule has 2 aliphatic rings. The third kappa shape index (κ3) is 1.80. The molecule has 2 heteroatoms. The van der Waals surface area contributed by atoms with Gasteiger partial charge in [0.2, 0.25) is 0 Å². The van der Waals surface area contributed by atoms with E-state index in [2.05, 4.69) is 0 Å². The fourth-order valence-electron chi connectivity index (χ4n) is 2.22. The molecule has 2 heterocycles. The van der Waals surface area contributed by atoms with E-state index in [0.717, 1.165) is 19.8 Å². The molecule has 0 amide bonds. The summed E-state index contributed by atoms with van der Waals surface area (Å²) >= 11 is 0. The molecule has 1 unspecified atom stereocenters. The maximum absolute atomic E-state index is 5.91. The van der Waals surface area contributed by atoms with E-state index >= 15 is 0 Å². The zero-order valence-electron chi connectivity index (χ0n) is 7.68. The first-order valence-electron chi connectivity index (χ1n) is 5.13. The van der Waals surface area contributed by atoms with Gasteiger partial charge in [0.1, 0.15) is 0 Å². The molecule has 0 aliphatic carbocycles. The van der Waals surface area contributed by atoms with Gasteiger partial charge in [-0.2, -0.15) is 0 Å². The van der Waals surface area contributed by atoms with Gasteiger partial charge in [-0.3, -0.25) is 0 Å². The van der Waals surface area contributed by atoms with Gasteiger partial charge in [-0.15, -0.1) is 0 Å². The lowest BCUT2D eigenvalue weighted by atomic mass is 9.91. The minimum Gasteiger partial charge on any atom is -0.378 e. The molecule has 0 N–H and O–H groups in total. The van der Waals surface area contributed by atoms with Gasteiger partial charge in [-0.25, -0.2) is 0 Å². The predicted molar refractivity (Wildman–Crippen MR) is 47.2 cm³/mol. The maximum Gasteiger partial charge on any atom is 0.0915 e. The molecule has 0 aromatic rings. The van der Waals surface area contributed by atoms with Crippen LogP contribution >= 0.6 is 0 Å². The van der Waals surface area contributed by atoms with Crippen LogP contribution in [-0.4, -0.2) is 25.4 Å². The van der Waals surface area contributed by atoms with Crippen molar-refractivity contribution in [2.45, 2.75) is 44.1 Å². The third-order valence-electron chi connectivity index (χ3n) is 2.97. The summed E-state index contributed by atoms with van der Waals surface area (Å²) in [5.74, 6) is 0. The van der Waals surface area contributed by atoms with Gasteiger partial charge in [-0.05, 0) is 25.7 Å². The second-order valence-electron chi connectivity index (χ2n) is 4.00. The highest BCUT2D eigenvalue weighted by Gasteiger charge is 2.34. The van der Waals surface area contributed by atoms with Crippen molar-refractivity contribution in [2.75, 3.05) is 19.8 Å². The highest BCUT2D eigenvalue weighted by Crippen LogP contribution is 2.31. The van der Waals surface area contributed by atoms with Crippen LogP contribution in [0.2, 0.25) is 0 Å². The lowest BCUT2D eigenvalue weighted by Crippen LogP contribution is -2.40. The van der Waals surface area contributed by atoms with Gasteiger partial charge in [0.15, 0.2) is 0 Å². The summed E-state index contributed by atoms with van der Waals surface area (Å²) in [5, 5.41) is 0. The number of hydrogen-bond donors (Lipinski definition) is 0. The van der Waals surface area contributed by atoms with E-state index in [0.29, 0.717) is 0 Å². The minimum atomic E-state index is 0.120. The summed E-state index contributed by atoms with van der Waals surface area (Å²) < 4.78 is 11.4. The SMILES string of the molecule is C1CCOC2(CC1)CCCOC2. The van der Waals surface area contributed by atoms with E-state index in [1.165, 1.54) is 38.5 Å². The Morgan fingerprint density at radius 3 is 2.58 bits per heavy atom. The molecule has 0 bridgehead atoms. The molecule has 0 saturated carbocycles. The Hall–Kier alpha value is -0.0800. The lowest BCUT2D eigenvalue weighted by Gasteiger charge is -2.35. The van der Waals surface area contributed by atoms with Crippen LogP contribution in [0.5, 0.6) is 0 Å². The maximum atomic E-state index is 5.91. The fraction of sp³-hybridized carbons (Fsp3) is 1.00. The van der Waals surface area contributed by atoms with Gasteiger partial charge in [0, 0.05) is 13.2 Å². The lowest BCUT2D eigenvalue weighted by molar-refractivity contribution is -0.127. The topological polar surface area (TPSA) is 18.5 Å². The molecule has 2 saturated heterocycles. The molecule has 0 aromatic carbocycles. The van der Waals surface area contributed by atoms with Crippen molar-refractivity contribution in [3.8, 4) is 0 Å². The standard InChI is InChI=1S/C10H18O2/c1-2-5-10(12-8-3-1)6-4-7-11-9-10/h1-9H2. The van der Waals surface area contributed by atoms with Crippen LogP contribution in [0.4, 0.5) is 0 Å². The molecule has 2 rings (SSSR count). The van der Waals surface area contributed by atoms with Crippen LogP contribution < -0.4 is 0 Å². The second kappa shape index (κ2) is 3.75. The van der Waals surface area contributed by atoms with Crippen molar-refractivity contribution in [2.24, 2.45) is 0 Å². The van der Waals surface area contributed by atoms with Crippen molar-refractivity contribution in [1.82, 2.24) is 0 Å². The number of rotatable bonds is 0. The Labute approximate surface area is 74.2 Å². The highest BCUT2D eigenvalue weighted by molar-refractivity contribution is 4.84. The molecular formula is C10H18O2. The van der Waals surface area contributed by atoms with Gasteiger partial charge < -0.3 is 9.47 Å². The smallest absolute Gasteiger partial charge is 0.0915 e. The van der Waals surface area contributed by atoms with Crippen LogP contribution in [0, 0.1) is 0 Å². The zero-order valence-corrected chi connectivity index (χ0v) is 7.68. The first-order chi connectivity index (χ1) is 5.91. The van der Waals surface area contributed by atoms with Gasteiger partial charge in [0.25, 0.3) is 0 Å².